The zero-order valence-electron chi connectivity index (χ0n) is 19.8. The summed E-state index contributed by atoms with van der Waals surface area (Å²) in [6, 6.07) is 20.6. The second-order valence-electron chi connectivity index (χ2n) is 7.96. The van der Waals surface area contributed by atoms with E-state index >= 15 is 0 Å². The molecule has 3 aromatic carbocycles. The molecule has 1 unspecified atom stereocenters. The number of hydrogen-bond acceptors (Lipinski definition) is 5. The minimum Gasteiger partial charge on any atom is -0.456 e. The maximum atomic E-state index is 12.6. The van der Waals surface area contributed by atoms with Gasteiger partial charge in [0.25, 0.3) is 5.91 Å². The number of nitrogens with one attached hydrogen (secondary N) is 2. The number of rotatable bonds is 8. The molecule has 4 rings (SSSR count). The topological polar surface area (TPSA) is 56.8 Å². The van der Waals surface area contributed by atoms with E-state index in [9.17, 15) is 4.79 Å². The first-order valence-electron chi connectivity index (χ1n) is 11.5. The summed E-state index contributed by atoms with van der Waals surface area (Å²) in [6.07, 6.45) is 0. The molecule has 0 spiro atoms. The van der Waals surface area contributed by atoms with E-state index in [-0.39, 0.29) is 16.4 Å². The van der Waals surface area contributed by atoms with Gasteiger partial charge in [0.2, 0.25) is 0 Å². The SMILES string of the molecule is CCN(CC)c1ccc(C2SCC(=O)N2NC(=S)Nc2ccc(Oc3ccc(Cl)cc3)c(Cl)c2)cc1. The Balaban J connectivity index is 1.39. The van der Waals surface area contributed by atoms with E-state index in [1.807, 2.05) is 0 Å². The molecular formula is C26H26Cl2N4O2S2. The quantitative estimate of drug-likeness (QED) is 0.285. The zero-order valence-corrected chi connectivity index (χ0v) is 23.0. The number of hydrazine groups is 1. The third kappa shape index (κ3) is 6.37. The van der Waals surface area contributed by atoms with Crippen molar-refractivity contribution in [1.29, 1.82) is 0 Å². The third-order valence-corrected chi connectivity index (χ3v) is 7.58. The van der Waals surface area contributed by atoms with Gasteiger partial charge in [0.05, 0.1) is 10.8 Å². The van der Waals surface area contributed by atoms with E-state index in [1.54, 1.807) is 59.2 Å². The zero-order chi connectivity index (χ0) is 25.7. The Kier molecular flexibility index (Phi) is 8.85. The highest BCUT2D eigenvalue weighted by molar-refractivity contribution is 8.00. The maximum absolute atomic E-state index is 12.6. The number of anilines is 2. The minimum atomic E-state index is -0.179. The fourth-order valence-electron chi connectivity index (χ4n) is 3.79. The van der Waals surface area contributed by atoms with Gasteiger partial charge in [-0.15, -0.1) is 11.8 Å². The van der Waals surface area contributed by atoms with Gasteiger partial charge < -0.3 is 15.0 Å². The summed E-state index contributed by atoms with van der Waals surface area (Å²) in [5, 5.41) is 5.82. The number of amides is 1. The molecule has 0 aromatic heterocycles. The summed E-state index contributed by atoms with van der Waals surface area (Å²) in [7, 11) is 0. The normalized spacial score (nSPS) is 15.1. The molecule has 1 saturated heterocycles. The highest BCUT2D eigenvalue weighted by Crippen LogP contribution is 2.38. The highest BCUT2D eigenvalue weighted by atomic mass is 35.5. The largest absolute Gasteiger partial charge is 0.456 e. The van der Waals surface area contributed by atoms with Crippen molar-refractivity contribution in [1.82, 2.24) is 10.4 Å². The smallest absolute Gasteiger partial charge is 0.252 e. The monoisotopic (exact) mass is 560 g/mol. The van der Waals surface area contributed by atoms with Crippen molar-refractivity contribution < 1.29 is 9.53 Å². The van der Waals surface area contributed by atoms with Gasteiger partial charge in [-0.1, -0.05) is 35.3 Å². The number of hydrogen-bond donors (Lipinski definition) is 2. The van der Waals surface area contributed by atoms with E-state index in [2.05, 4.69) is 53.8 Å². The Bertz CT molecular complexity index is 1220. The van der Waals surface area contributed by atoms with Crippen LogP contribution in [0, 0.1) is 0 Å². The van der Waals surface area contributed by atoms with Crippen LogP contribution in [0.3, 0.4) is 0 Å². The van der Waals surface area contributed by atoms with Crippen molar-refractivity contribution >= 4 is 69.6 Å². The summed E-state index contributed by atoms with van der Waals surface area (Å²) < 4.78 is 5.82. The van der Waals surface area contributed by atoms with E-state index in [0.29, 0.717) is 33.0 Å². The summed E-state index contributed by atoms with van der Waals surface area (Å²) >= 11 is 19.4. The molecule has 0 radical (unpaired) electrons. The summed E-state index contributed by atoms with van der Waals surface area (Å²) in [6.45, 7) is 6.16. The lowest BCUT2D eigenvalue weighted by Gasteiger charge is -2.27. The summed E-state index contributed by atoms with van der Waals surface area (Å²) in [5.74, 6) is 1.47. The fourth-order valence-corrected chi connectivity index (χ4v) is 5.46. The number of thiocarbonyl (C=S) groups is 1. The van der Waals surface area contributed by atoms with Crippen LogP contribution in [0.2, 0.25) is 10.0 Å². The lowest BCUT2D eigenvalue weighted by Crippen LogP contribution is -2.46. The van der Waals surface area contributed by atoms with Crippen molar-refractivity contribution in [3.8, 4) is 11.5 Å². The van der Waals surface area contributed by atoms with Gasteiger partial charge in [0, 0.05) is 29.5 Å². The number of halogens is 2. The van der Waals surface area contributed by atoms with Gasteiger partial charge in [-0.2, -0.15) is 0 Å². The second kappa shape index (κ2) is 12.1. The molecule has 36 heavy (non-hydrogen) atoms. The molecule has 3 aromatic rings. The molecule has 188 valence electrons. The number of nitrogens with zero attached hydrogens (tertiary/aromatic N) is 2. The molecule has 6 nitrogen and oxygen atoms in total. The molecule has 1 fully saturated rings. The van der Waals surface area contributed by atoms with E-state index < -0.39 is 0 Å². The van der Waals surface area contributed by atoms with Crippen molar-refractivity contribution in [3.63, 3.8) is 0 Å². The van der Waals surface area contributed by atoms with Crippen LogP contribution in [0.5, 0.6) is 11.5 Å². The second-order valence-corrected chi connectivity index (χ2v) is 10.3. The Labute approximate surface area is 230 Å². The highest BCUT2D eigenvalue weighted by Gasteiger charge is 2.33. The molecule has 0 aliphatic carbocycles. The third-order valence-electron chi connectivity index (χ3n) is 5.63. The van der Waals surface area contributed by atoms with Crippen LogP contribution >= 0.6 is 47.2 Å². The molecule has 1 amide bonds. The predicted molar refractivity (Wildman–Crippen MR) is 154 cm³/mol. The van der Waals surface area contributed by atoms with Gasteiger partial charge in [-0.25, -0.2) is 5.01 Å². The van der Waals surface area contributed by atoms with Crippen LogP contribution in [0.15, 0.2) is 66.7 Å². The standard InChI is InChI=1S/C26H26Cl2N4O2S2/c1-3-31(4-2)20-10-5-17(6-11-20)25-32(24(33)16-36-25)30-26(35)29-19-9-14-23(22(28)15-19)34-21-12-7-18(27)8-13-21/h5-15,25H,3-4,16H2,1-2H3,(H2,29,30,35). The minimum absolute atomic E-state index is 0.0354. The number of ether oxygens (including phenoxy) is 1. The average molecular weight is 562 g/mol. The first kappa shape index (κ1) is 26.4. The first-order valence-corrected chi connectivity index (χ1v) is 13.7. The van der Waals surface area contributed by atoms with Gasteiger partial charge in [-0.05, 0) is 86.2 Å². The maximum Gasteiger partial charge on any atom is 0.252 e. The van der Waals surface area contributed by atoms with Crippen LogP contribution in [0.1, 0.15) is 24.8 Å². The fraction of sp³-hybridized carbons (Fsp3) is 0.231. The number of carbonyl (C=O) groups excluding carboxylic acids is 1. The van der Waals surface area contributed by atoms with Crippen LogP contribution in [-0.2, 0) is 4.79 Å². The van der Waals surface area contributed by atoms with Crippen molar-refractivity contribution in [2.24, 2.45) is 0 Å². The first-order chi connectivity index (χ1) is 17.4. The molecule has 1 aliphatic heterocycles. The Hall–Kier alpha value is -2.65. The van der Waals surface area contributed by atoms with Gasteiger partial charge in [-0.3, -0.25) is 10.2 Å². The van der Waals surface area contributed by atoms with Crippen molar-refractivity contribution in [2.45, 2.75) is 19.2 Å². The number of carbonyl (C=O) groups is 1. The van der Waals surface area contributed by atoms with E-state index in [4.69, 9.17) is 40.2 Å². The van der Waals surface area contributed by atoms with E-state index in [1.165, 1.54) is 0 Å². The van der Waals surface area contributed by atoms with E-state index in [0.717, 1.165) is 24.3 Å². The lowest BCUT2D eigenvalue weighted by molar-refractivity contribution is -0.129. The molecule has 1 aliphatic rings. The van der Waals surface area contributed by atoms with Gasteiger partial charge in [0.15, 0.2) is 5.11 Å². The molecule has 0 saturated carbocycles. The van der Waals surface area contributed by atoms with Crippen molar-refractivity contribution in [2.75, 3.05) is 29.1 Å². The van der Waals surface area contributed by atoms with Crippen molar-refractivity contribution in [3.05, 3.63) is 82.3 Å². The number of benzene rings is 3. The Morgan fingerprint density at radius 1 is 1.08 bits per heavy atom. The molecule has 0 bridgehead atoms. The molecule has 1 heterocycles. The predicted octanol–water partition coefficient (Wildman–Crippen LogP) is 7.11. The average Bonchev–Trinajstić information content (AvgIpc) is 3.23. The Morgan fingerprint density at radius 2 is 1.78 bits per heavy atom. The van der Waals surface area contributed by atoms with Crippen LogP contribution in [0.25, 0.3) is 0 Å². The molecule has 10 heteroatoms. The summed E-state index contributed by atoms with van der Waals surface area (Å²) in [4.78, 5) is 14.9. The van der Waals surface area contributed by atoms with Crippen LogP contribution in [-0.4, -0.2) is 34.9 Å². The Morgan fingerprint density at radius 3 is 2.42 bits per heavy atom. The van der Waals surface area contributed by atoms with Crippen LogP contribution < -0.4 is 20.4 Å². The lowest BCUT2D eigenvalue weighted by atomic mass is 10.2. The van der Waals surface area contributed by atoms with Gasteiger partial charge in [0.1, 0.15) is 16.9 Å². The van der Waals surface area contributed by atoms with Crippen LogP contribution in [0.4, 0.5) is 11.4 Å². The molecular weight excluding hydrogens is 535 g/mol. The molecule has 2 N–H and O–H groups in total. The molecule has 1 atom stereocenters. The van der Waals surface area contributed by atoms with Gasteiger partial charge >= 0.3 is 0 Å². The number of thioether (sulfide) groups is 1. The summed E-state index contributed by atoms with van der Waals surface area (Å²) in [5.41, 5.74) is 5.91.